The predicted molar refractivity (Wildman–Crippen MR) is 119 cm³/mol. The summed E-state index contributed by atoms with van der Waals surface area (Å²) in [4.78, 5) is 17.9. The third-order valence-corrected chi connectivity index (χ3v) is 5.89. The Bertz CT molecular complexity index is 1300. The second-order valence-electron chi connectivity index (χ2n) is 8.16. The molecular formula is C23H23F2N7O. The molecule has 8 nitrogen and oxygen atoms in total. The van der Waals surface area contributed by atoms with Gasteiger partial charge in [0.2, 0.25) is 0 Å². The van der Waals surface area contributed by atoms with E-state index in [-0.39, 0.29) is 12.6 Å². The molecule has 1 saturated heterocycles. The van der Waals surface area contributed by atoms with Gasteiger partial charge in [-0.15, -0.1) is 0 Å². The van der Waals surface area contributed by atoms with Crippen LogP contribution in [0.3, 0.4) is 0 Å². The van der Waals surface area contributed by atoms with Crippen molar-refractivity contribution in [1.29, 1.82) is 0 Å². The van der Waals surface area contributed by atoms with Crippen molar-refractivity contribution in [2.24, 2.45) is 7.05 Å². The summed E-state index contributed by atoms with van der Waals surface area (Å²) in [6.07, 6.45) is 6.95. The standard InChI is InChI=1S/C23H23F2N7O/c1-30-11-16(9-27-30)22-23(29-20-4-5-26-10-21(20)28-22)32-7-6-31(13-18(32)14-33)12-15-2-3-17(24)8-19(15)25/h2-5,8-11,18,33H,6-7,12-14H2,1H3/t18-/m0/s1. The Hall–Kier alpha value is -3.50. The van der Waals surface area contributed by atoms with Gasteiger partial charge in [-0.3, -0.25) is 14.6 Å². The number of pyridine rings is 1. The highest BCUT2D eigenvalue weighted by Crippen LogP contribution is 2.31. The summed E-state index contributed by atoms with van der Waals surface area (Å²) >= 11 is 0. The molecule has 1 aliphatic rings. The largest absolute Gasteiger partial charge is 0.394 e. The molecule has 4 aromatic rings. The molecule has 1 aromatic carbocycles. The van der Waals surface area contributed by atoms with E-state index < -0.39 is 11.6 Å². The van der Waals surface area contributed by atoms with Gasteiger partial charge in [0.1, 0.15) is 22.8 Å². The number of aromatic nitrogens is 5. The zero-order chi connectivity index (χ0) is 22.9. The Balaban J connectivity index is 1.47. The van der Waals surface area contributed by atoms with Crippen LogP contribution < -0.4 is 4.90 Å². The van der Waals surface area contributed by atoms with Gasteiger partial charge in [0.15, 0.2) is 5.82 Å². The number of hydrogen-bond donors (Lipinski definition) is 1. The molecule has 0 unspecified atom stereocenters. The lowest BCUT2D eigenvalue weighted by molar-refractivity contribution is 0.163. The minimum Gasteiger partial charge on any atom is -0.394 e. The van der Waals surface area contributed by atoms with Gasteiger partial charge in [0, 0.05) is 62.8 Å². The maximum atomic E-state index is 14.2. The first-order chi connectivity index (χ1) is 16.0. The maximum absolute atomic E-state index is 14.2. The highest BCUT2D eigenvalue weighted by Gasteiger charge is 2.30. The molecule has 0 radical (unpaired) electrons. The van der Waals surface area contributed by atoms with Crippen molar-refractivity contribution in [3.05, 3.63) is 66.3 Å². The van der Waals surface area contributed by atoms with E-state index in [1.165, 1.54) is 12.1 Å². The Morgan fingerprint density at radius 3 is 2.73 bits per heavy atom. The molecule has 33 heavy (non-hydrogen) atoms. The van der Waals surface area contributed by atoms with Crippen molar-refractivity contribution in [2.45, 2.75) is 12.6 Å². The average molecular weight is 451 g/mol. The molecule has 0 amide bonds. The minimum absolute atomic E-state index is 0.106. The summed E-state index contributed by atoms with van der Waals surface area (Å²) < 4.78 is 29.1. The number of benzene rings is 1. The van der Waals surface area contributed by atoms with Crippen LogP contribution in [0.2, 0.25) is 0 Å². The number of anilines is 1. The second-order valence-corrected chi connectivity index (χ2v) is 8.16. The monoisotopic (exact) mass is 451 g/mol. The SMILES string of the molecule is Cn1cc(-c2nc3cnccc3nc2N2CCN(Cc3ccc(F)cc3F)C[C@H]2CO)cn1. The summed E-state index contributed by atoms with van der Waals surface area (Å²) in [5.74, 6) is -0.499. The summed E-state index contributed by atoms with van der Waals surface area (Å²) in [6.45, 7) is 1.91. The highest BCUT2D eigenvalue weighted by molar-refractivity contribution is 5.82. The van der Waals surface area contributed by atoms with Crippen LogP contribution in [-0.2, 0) is 13.6 Å². The number of halogens is 2. The molecule has 4 heterocycles. The van der Waals surface area contributed by atoms with E-state index in [9.17, 15) is 13.9 Å². The van der Waals surface area contributed by atoms with Gasteiger partial charge in [0.05, 0.1) is 30.6 Å². The van der Waals surface area contributed by atoms with Crippen molar-refractivity contribution >= 4 is 16.9 Å². The highest BCUT2D eigenvalue weighted by atomic mass is 19.1. The molecular weight excluding hydrogens is 428 g/mol. The van der Waals surface area contributed by atoms with Crippen LogP contribution in [0, 0.1) is 11.6 Å². The first-order valence-corrected chi connectivity index (χ1v) is 10.7. The number of hydrogen-bond acceptors (Lipinski definition) is 7. The van der Waals surface area contributed by atoms with Crippen LogP contribution >= 0.6 is 0 Å². The third kappa shape index (κ3) is 4.27. The number of nitrogens with zero attached hydrogens (tertiary/aromatic N) is 7. The number of aliphatic hydroxyl groups excluding tert-OH is 1. The normalized spacial score (nSPS) is 17.1. The van der Waals surface area contributed by atoms with Crippen molar-refractivity contribution in [2.75, 3.05) is 31.1 Å². The van der Waals surface area contributed by atoms with Crippen LogP contribution in [0.25, 0.3) is 22.3 Å². The molecule has 5 rings (SSSR count). The van der Waals surface area contributed by atoms with E-state index in [4.69, 9.17) is 9.97 Å². The Kier molecular flexibility index (Phi) is 5.69. The molecule has 170 valence electrons. The Morgan fingerprint density at radius 2 is 1.97 bits per heavy atom. The summed E-state index contributed by atoms with van der Waals surface area (Å²) in [5, 5.41) is 14.5. The molecule has 3 aromatic heterocycles. The van der Waals surface area contributed by atoms with E-state index in [0.717, 1.165) is 11.6 Å². The Morgan fingerprint density at radius 1 is 1.09 bits per heavy atom. The predicted octanol–water partition coefficient (Wildman–Crippen LogP) is 2.39. The summed E-state index contributed by atoms with van der Waals surface area (Å²) in [6, 6.07) is 5.16. The second kappa shape index (κ2) is 8.80. The molecule has 10 heteroatoms. The fraction of sp³-hybridized carbons (Fsp3) is 0.304. The minimum atomic E-state index is -0.595. The van der Waals surface area contributed by atoms with Crippen LogP contribution in [-0.4, -0.2) is 67.0 Å². The smallest absolute Gasteiger partial charge is 0.156 e. The molecule has 1 fully saturated rings. The molecule has 1 aliphatic heterocycles. The molecule has 0 spiro atoms. The van der Waals surface area contributed by atoms with E-state index >= 15 is 0 Å². The molecule has 0 bridgehead atoms. The number of aliphatic hydroxyl groups is 1. The zero-order valence-corrected chi connectivity index (χ0v) is 18.1. The van der Waals surface area contributed by atoms with Gasteiger partial charge >= 0.3 is 0 Å². The van der Waals surface area contributed by atoms with Crippen molar-refractivity contribution < 1.29 is 13.9 Å². The van der Waals surface area contributed by atoms with Gasteiger partial charge in [-0.05, 0) is 12.1 Å². The van der Waals surface area contributed by atoms with E-state index in [1.807, 2.05) is 18.1 Å². The fourth-order valence-electron chi connectivity index (χ4n) is 4.22. The summed E-state index contributed by atoms with van der Waals surface area (Å²) in [7, 11) is 1.84. The molecule has 0 aliphatic carbocycles. The zero-order valence-electron chi connectivity index (χ0n) is 18.1. The molecule has 0 saturated carbocycles. The topological polar surface area (TPSA) is 83.2 Å². The van der Waals surface area contributed by atoms with Gasteiger partial charge in [-0.1, -0.05) is 6.07 Å². The average Bonchev–Trinajstić information content (AvgIpc) is 3.26. The number of fused-ring (bicyclic) bond motifs is 1. The number of aryl methyl sites for hydroxylation is 1. The van der Waals surface area contributed by atoms with Gasteiger partial charge in [-0.25, -0.2) is 18.7 Å². The Labute approximate surface area is 189 Å². The van der Waals surface area contributed by atoms with Crippen LogP contribution in [0.4, 0.5) is 14.6 Å². The van der Waals surface area contributed by atoms with Gasteiger partial charge in [-0.2, -0.15) is 5.10 Å². The van der Waals surface area contributed by atoms with Gasteiger partial charge in [0.25, 0.3) is 0 Å². The van der Waals surface area contributed by atoms with Crippen molar-refractivity contribution in [1.82, 2.24) is 29.6 Å². The van der Waals surface area contributed by atoms with E-state index in [1.54, 1.807) is 29.3 Å². The first-order valence-electron chi connectivity index (χ1n) is 10.7. The number of piperazine rings is 1. The van der Waals surface area contributed by atoms with Crippen LogP contribution in [0.1, 0.15) is 5.56 Å². The third-order valence-electron chi connectivity index (χ3n) is 5.89. The maximum Gasteiger partial charge on any atom is 0.156 e. The number of rotatable bonds is 5. The van der Waals surface area contributed by atoms with Gasteiger partial charge < -0.3 is 10.0 Å². The fourth-order valence-corrected chi connectivity index (χ4v) is 4.22. The lowest BCUT2D eigenvalue weighted by atomic mass is 10.1. The first kappa shape index (κ1) is 21.4. The van der Waals surface area contributed by atoms with E-state index in [2.05, 4.69) is 15.0 Å². The summed E-state index contributed by atoms with van der Waals surface area (Å²) in [5.41, 5.74) is 3.29. The molecule has 1 atom stereocenters. The lowest BCUT2D eigenvalue weighted by Crippen LogP contribution is -2.55. The lowest BCUT2D eigenvalue weighted by Gasteiger charge is -2.41. The van der Waals surface area contributed by atoms with E-state index in [0.29, 0.717) is 54.3 Å². The van der Waals surface area contributed by atoms with Crippen LogP contribution in [0.15, 0.2) is 49.1 Å². The van der Waals surface area contributed by atoms with Crippen LogP contribution in [0.5, 0.6) is 0 Å². The molecule has 1 N–H and O–H groups in total. The quantitative estimate of drug-likeness (QED) is 0.499. The van der Waals surface area contributed by atoms with Crippen molar-refractivity contribution in [3.8, 4) is 11.3 Å². The van der Waals surface area contributed by atoms with Crippen molar-refractivity contribution in [3.63, 3.8) is 0 Å².